The van der Waals surface area contributed by atoms with Gasteiger partial charge in [-0.1, -0.05) is 0 Å². The molecule has 0 atom stereocenters. The van der Waals surface area contributed by atoms with Crippen molar-refractivity contribution in [2.75, 3.05) is 33.9 Å². The van der Waals surface area contributed by atoms with E-state index in [1.165, 1.54) is 14.2 Å². The fraction of sp³-hybridized carbons (Fsp3) is 0.818. The Balaban J connectivity index is 2.22. The molecule has 16 heavy (non-hydrogen) atoms. The lowest BCUT2D eigenvalue weighted by Gasteiger charge is -2.30. The number of likely N-dealkylation sites (tertiary alicyclic amines) is 1. The first-order valence-corrected chi connectivity index (χ1v) is 5.54. The molecule has 0 saturated carbocycles. The maximum Gasteiger partial charge on any atom is 0.308 e. The van der Waals surface area contributed by atoms with E-state index in [4.69, 9.17) is 4.74 Å². The lowest BCUT2D eigenvalue weighted by molar-refractivity contribution is -0.147. The van der Waals surface area contributed by atoms with Crippen molar-refractivity contribution in [2.45, 2.75) is 19.3 Å². The van der Waals surface area contributed by atoms with Crippen LogP contribution in [0.2, 0.25) is 0 Å². The maximum absolute atomic E-state index is 11.3. The molecule has 0 aromatic rings. The van der Waals surface area contributed by atoms with E-state index >= 15 is 0 Å². The Hall–Kier alpha value is -1.10. The largest absolute Gasteiger partial charge is 0.469 e. The molecule has 0 aromatic carbocycles. The fourth-order valence-corrected chi connectivity index (χ4v) is 1.91. The molecule has 1 rings (SSSR count). The zero-order valence-corrected chi connectivity index (χ0v) is 9.90. The van der Waals surface area contributed by atoms with Crippen molar-refractivity contribution in [3.8, 4) is 0 Å². The second-order valence-corrected chi connectivity index (χ2v) is 3.97. The number of esters is 2. The predicted molar refractivity (Wildman–Crippen MR) is 57.8 cm³/mol. The Bertz CT molecular complexity index is 246. The highest BCUT2D eigenvalue weighted by atomic mass is 16.5. The zero-order chi connectivity index (χ0) is 12.0. The number of hydrogen-bond donors (Lipinski definition) is 0. The first kappa shape index (κ1) is 13.0. The quantitative estimate of drug-likeness (QED) is 0.654. The average molecular weight is 229 g/mol. The number of carbonyl (C=O) groups is 2. The van der Waals surface area contributed by atoms with Gasteiger partial charge in [0.1, 0.15) is 0 Å². The highest BCUT2D eigenvalue weighted by Gasteiger charge is 2.25. The number of piperidine rings is 1. The fourth-order valence-electron chi connectivity index (χ4n) is 1.91. The molecular formula is C11H19NO4. The van der Waals surface area contributed by atoms with Crippen LogP contribution in [-0.2, 0) is 19.1 Å². The van der Waals surface area contributed by atoms with E-state index in [0.29, 0.717) is 13.0 Å². The molecule has 0 unspecified atom stereocenters. The Morgan fingerprint density at radius 2 is 1.81 bits per heavy atom. The smallest absolute Gasteiger partial charge is 0.308 e. The lowest BCUT2D eigenvalue weighted by Crippen LogP contribution is -2.37. The minimum atomic E-state index is -0.185. The van der Waals surface area contributed by atoms with Crippen LogP contribution in [-0.4, -0.2) is 50.7 Å². The van der Waals surface area contributed by atoms with Crippen LogP contribution in [0.3, 0.4) is 0 Å². The lowest BCUT2D eigenvalue weighted by atomic mass is 9.97. The van der Waals surface area contributed by atoms with E-state index in [1.54, 1.807) is 0 Å². The van der Waals surface area contributed by atoms with Crippen molar-refractivity contribution >= 4 is 11.9 Å². The summed E-state index contributed by atoms with van der Waals surface area (Å²) in [4.78, 5) is 24.4. The third-order valence-corrected chi connectivity index (χ3v) is 2.98. The summed E-state index contributed by atoms with van der Waals surface area (Å²) in [5, 5.41) is 0. The second-order valence-electron chi connectivity index (χ2n) is 3.97. The van der Waals surface area contributed by atoms with Crippen LogP contribution in [0.4, 0.5) is 0 Å². The molecule has 1 saturated heterocycles. The number of methoxy groups -OCH3 is 2. The summed E-state index contributed by atoms with van der Waals surface area (Å²) in [6.07, 6.45) is 2.04. The molecule has 0 N–H and O–H groups in total. The van der Waals surface area contributed by atoms with Crippen molar-refractivity contribution < 1.29 is 19.1 Å². The van der Waals surface area contributed by atoms with Gasteiger partial charge in [0.15, 0.2) is 0 Å². The summed E-state index contributed by atoms with van der Waals surface area (Å²) < 4.78 is 9.29. The summed E-state index contributed by atoms with van der Waals surface area (Å²) in [6.45, 7) is 2.40. The van der Waals surface area contributed by atoms with Crippen LogP contribution < -0.4 is 0 Å². The first-order valence-electron chi connectivity index (χ1n) is 5.54. The summed E-state index contributed by atoms with van der Waals surface area (Å²) in [5.41, 5.74) is 0. The van der Waals surface area contributed by atoms with E-state index < -0.39 is 0 Å². The van der Waals surface area contributed by atoms with Crippen LogP contribution >= 0.6 is 0 Å². The number of ether oxygens (including phenoxy) is 2. The van der Waals surface area contributed by atoms with E-state index in [2.05, 4.69) is 9.64 Å². The van der Waals surface area contributed by atoms with Crippen molar-refractivity contribution in [3.63, 3.8) is 0 Å². The number of rotatable bonds is 4. The highest BCUT2D eigenvalue weighted by molar-refractivity contribution is 5.72. The molecule has 5 heteroatoms. The molecule has 0 bridgehead atoms. The van der Waals surface area contributed by atoms with Gasteiger partial charge < -0.3 is 14.4 Å². The minimum Gasteiger partial charge on any atom is -0.469 e. The molecule has 0 spiro atoms. The second kappa shape index (κ2) is 6.48. The summed E-state index contributed by atoms with van der Waals surface area (Å²) in [5.74, 6) is -0.276. The summed E-state index contributed by atoms with van der Waals surface area (Å²) in [6, 6.07) is 0. The predicted octanol–water partition coefficient (Wildman–Crippen LogP) is 0.434. The molecular weight excluding hydrogens is 210 g/mol. The van der Waals surface area contributed by atoms with Gasteiger partial charge in [0.25, 0.3) is 0 Å². The van der Waals surface area contributed by atoms with Crippen LogP contribution in [0.15, 0.2) is 0 Å². The molecule has 1 aliphatic heterocycles. The third kappa shape index (κ3) is 3.81. The van der Waals surface area contributed by atoms with Gasteiger partial charge in [-0.25, -0.2) is 0 Å². The standard InChI is InChI=1S/C11H19NO4/c1-15-10(13)5-8-12-6-3-9(4-7-12)11(14)16-2/h9H,3-8H2,1-2H3. The van der Waals surface area contributed by atoms with Crippen molar-refractivity contribution in [3.05, 3.63) is 0 Å². The van der Waals surface area contributed by atoms with Gasteiger partial charge in [-0.2, -0.15) is 0 Å². The van der Waals surface area contributed by atoms with E-state index in [-0.39, 0.29) is 17.9 Å². The Labute approximate surface area is 95.7 Å². The summed E-state index contributed by atoms with van der Waals surface area (Å²) >= 11 is 0. The van der Waals surface area contributed by atoms with Crippen LogP contribution in [0.25, 0.3) is 0 Å². The molecule has 0 aliphatic carbocycles. The zero-order valence-electron chi connectivity index (χ0n) is 9.90. The Morgan fingerprint density at radius 1 is 1.19 bits per heavy atom. The molecule has 0 amide bonds. The number of hydrogen-bond acceptors (Lipinski definition) is 5. The molecule has 1 fully saturated rings. The topological polar surface area (TPSA) is 55.8 Å². The van der Waals surface area contributed by atoms with Crippen LogP contribution in [0.1, 0.15) is 19.3 Å². The average Bonchev–Trinajstić information content (AvgIpc) is 2.35. The van der Waals surface area contributed by atoms with E-state index in [9.17, 15) is 9.59 Å². The van der Waals surface area contributed by atoms with Gasteiger partial charge in [0, 0.05) is 6.54 Å². The minimum absolute atomic E-state index is 0.0272. The highest BCUT2D eigenvalue weighted by Crippen LogP contribution is 2.18. The monoisotopic (exact) mass is 229 g/mol. The SMILES string of the molecule is COC(=O)CCN1CCC(C(=O)OC)CC1. The van der Waals surface area contributed by atoms with Gasteiger partial charge in [-0.3, -0.25) is 9.59 Å². The Kier molecular flexibility index (Phi) is 5.25. The molecule has 1 heterocycles. The van der Waals surface area contributed by atoms with Crippen molar-refractivity contribution in [1.82, 2.24) is 4.90 Å². The van der Waals surface area contributed by atoms with E-state index in [0.717, 1.165) is 25.9 Å². The first-order chi connectivity index (χ1) is 7.67. The molecule has 0 radical (unpaired) electrons. The van der Waals surface area contributed by atoms with Crippen LogP contribution in [0, 0.1) is 5.92 Å². The number of nitrogens with zero attached hydrogens (tertiary/aromatic N) is 1. The molecule has 1 aliphatic rings. The maximum atomic E-state index is 11.3. The van der Waals surface area contributed by atoms with Gasteiger partial charge in [0.05, 0.1) is 26.6 Å². The van der Waals surface area contributed by atoms with Crippen LogP contribution in [0.5, 0.6) is 0 Å². The molecule has 0 aromatic heterocycles. The van der Waals surface area contributed by atoms with Gasteiger partial charge in [-0.15, -0.1) is 0 Å². The van der Waals surface area contributed by atoms with Gasteiger partial charge >= 0.3 is 11.9 Å². The number of carbonyl (C=O) groups excluding carboxylic acids is 2. The Morgan fingerprint density at radius 3 is 2.31 bits per heavy atom. The van der Waals surface area contributed by atoms with E-state index in [1.807, 2.05) is 0 Å². The van der Waals surface area contributed by atoms with Gasteiger partial charge in [-0.05, 0) is 25.9 Å². The normalized spacial score (nSPS) is 18.1. The van der Waals surface area contributed by atoms with Gasteiger partial charge in [0.2, 0.25) is 0 Å². The van der Waals surface area contributed by atoms with Crippen molar-refractivity contribution in [1.29, 1.82) is 0 Å². The van der Waals surface area contributed by atoms with Crippen molar-refractivity contribution in [2.24, 2.45) is 5.92 Å². The third-order valence-electron chi connectivity index (χ3n) is 2.98. The molecule has 5 nitrogen and oxygen atoms in total. The molecule has 92 valence electrons. The summed E-state index contributed by atoms with van der Waals surface area (Å²) in [7, 11) is 2.82.